The maximum Gasteiger partial charge on any atom is 0.339 e. The highest BCUT2D eigenvalue weighted by Crippen LogP contribution is 2.33. The minimum Gasteiger partial charge on any atom is -0.507 e. The van der Waals surface area contributed by atoms with Gasteiger partial charge in [-0.1, -0.05) is 6.07 Å². The molecule has 34 heavy (non-hydrogen) atoms. The molecule has 6 N–H and O–H groups in total. The van der Waals surface area contributed by atoms with Crippen LogP contribution in [0.5, 0.6) is 23.0 Å². The number of hydrogen-bond acceptors (Lipinski definition) is 10. The van der Waals surface area contributed by atoms with Gasteiger partial charge in [0.25, 0.3) is 0 Å². The minimum atomic E-state index is -1.66. The van der Waals surface area contributed by atoms with E-state index >= 15 is 0 Å². The summed E-state index contributed by atoms with van der Waals surface area (Å²) in [5.74, 6) is -0.865. The topological polar surface area (TPSA) is 175 Å². The lowest BCUT2D eigenvalue weighted by Crippen LogP contribution is -2.60. The van der Waals surface area contributed by atoms with Gasteiger partial charge in [-0.25, -0.2) is 4.79 Å². The molecule has 0 spiro atoms. The Labute approximate surface area is 195 Å². The van der Waals surface area contributed by atoms with Crippen molar-refractivity contribution >= 4 is 5.97 Å². The second-order valence-electron chi connectivity index (χ2n) is 7.79. The van der Waals surface area contributed by atoms with Gasteiger partial charge < -0.3 is 49.6 Å². The smallest absolute Gasteiger partial charge is 0.339 e. The first-order valence-electron chi connectivity index (χ1n) is 10.5. The van der Waals surface area contributed by atoms with E-state index in [0.717, 1.165) is 11.6 Å². The van der Waals surface area contributed by atoms with Crippen molar-refractivity contribution in [2.45, 2.75) is 43.5 Å². The Morgan fingerprint density at radius 2 is 1.68 bits per heavy atom. The number of aromatic carboxylic acids is 1. The molecule has 5 atom stereocenters. The predicted molar refractivity (Wildman–Crippen MR) is 116 cm³/mol. The molecule has 1 heterocycles. The number of methoxy groups -OCH3 is 2. The van der Waals surface area contributed by atoms with Crippen LogP contribution in [0.2, 0.25) is 0 Å². The summed E-state index contributed by atoms with van der Waals surface area (Å²) in [6.07, 6.45) is -6.93. The van der Waals surface area contributed by atoms with E-state index < -0.39 is 49.0 Å². The van der Waals surface area contributed by atoms with Gasteiger partial charge in [0.15, 0.2) is 11.5 Å². The van der Waals surface area contributed by atoms with Gasteiger partial charge in [0.1, 0.15) is 41.5 Å². The van der Waals surface area contributed by atoms with Gasteiger partial charge in [-0.3, -0.25) is 0 Å². The zero-order chi connectivity index (χ0) is 25.0. The van der Waals surface area contributed by atoms with E-state index in [-0.39, 0.29) is 23.3 Å². The van der Waals surface area contributed by atoms with Crippen molar-refractivity contribution in [1.82, 2.24) is 0 Å². The van der Waals surface area contributed by atoms with Crippen LogP contribution in [0.15, 0.2) is 30.3 Å². The Hall–Kier alpha value is -3.09. The first kappa shape index (κ1) is 25.5. The van der Waals surface area contributed by atoms with Crippen molar-refractivity contribution in [1.29, 1.82) is 0 Å². The number of carboxylic acid groups (broad SMARTS) is 1. The van der Waals surface area contributed by atoms with Crippen molar-refractivity contribution in [3.8, 4) is 23.0 Å². The van der Waals surface area contributed by atoms with E-state index in [9.17, 15) is 35.4 Å². The maximum atomic E-state index is 11.8. The van der Waals surface area contributed by atoms with Gasteiger partial charge in [-0.15, -0.1) is 0 Å². The standard InChI is InChI=1S/C23H28O11/c1-31-15-6-4-11(7-16(15)32-2)3-5-12-8-13(9-14(25)18(12)22(29)30)33-23-21(28)20(27)19(26)17(10-24)34-23/h4,6-9,17,19-21,23-28H,3,5,10H2,1-2H3,(H,29,30)/t17-,19-,20+,21-,23-/m1/s1. The molecule has 2 aromatic rings. The zero-order valence-electron chi connectivity index (χ0n) is 18.6. The fraction of sp³-hybridized carbons (Fsp3) is 0.435. The van der Waals surface area contributed by atoms with Crippen molar-refractivity contribution < 1.29 is 54.4 Å². The number of carboxylic acids is 1. The Kier molecular flexibility index (Phi) is 8.18. The number of aryl methyl sites for hydroxylation is 2. The molecule has 1 saturated heterocycles. The van der Waals surface area contributed by atoms with Crippen LogP contribution in [0.25, 0.3) is 0 Å². The Balaban J connectivity index is 1.85. The average molecular weight is 480 g/mol. The highest BCUT2D eigenvalue weighted by atomic mass is 16.7. The van der Waals surface area contributed by atoms with Gasteiger partial charge in [-0.05, 0) is 42.2 Å². The fourth-order valence-corrected chi connectivity index (χ4v) is 3.78. The number of aliphatic hydroxyl groups excluding tert-OH is 4. The van der Waals surface area contributed by atoms with Crippen LogP contribution in [-0.2, 0) is 17.6 Å². The summed E-state index contributed by atoms with van der Waals surface area (Å²) < 4.78 is 21.4. The molecular formula is C23H28O11. The van der Waals surface area contributed by atoms with E-state index in [2.05, 4.69) is 0 Å². The molecule has 0 amide bonds. The minimum absolute atomic E-state index is 0.0332. The molecule has 0 unspecified atom stereocenters. The van der Waals surface area contributed by atoms with E-state index in [0.29, 0.717) is 17.9 Å². The van der Waals surface area contributed by atoms with E-state index in [1.807, 2.05) is 0 Å². The molecule has 11 nitrogen and oxygen atoms in total. The SMILES string of the molecule is COc1ccc(CCc2cc(O[C@@H]3O[C@H](CO)[C@@H](O)[C@H](O)[C@H]3O)cc(O)c2C(=O)O)cc1OC. The third-order valence-electron chi connectivity index (χ3n) is 5.62. The second kappa shape index (κ2) is 10.9. The Morgan fingerprint density at radius 1 is 0.971 bits per heavy atom. The van der Waals surface area contributed by atoms with Crippen LogP contribution in [0.4, 0.5) is 0 Å². The number of ether oxygens (including phenoxy) is 4. The largest absolute Gasteiger partial charge is 0.507 e. The number of phenols is 1. The number of aliphatic hydroxyl groups is 4. The summed E-state index contributed by atoms with van der Waals surface area (Å²) in [7, 11) is 3.02. The van der Waals surface area contributed by atoms with E-state index in [1.165, 1.54) is 20.3 Å². The summed E-state index contributed by atoms with van der Waals surface area (Å²) in [4.78, 5) is 11.8. The number of hydrogen-bond donors (Lipinski definition) is 6. The number of aromatic hydroxyl groups is 1. The molecule has 0 aliphatic carbocycles. The summed E-state index contributed by atoms with van der Waals surface area (Å²) in [5.41, 5.74) is 0.775. The molecule has 0 aromatic heterocycles. The van der Waals surface area contributed by atoms with Crippen molar-refractivity contribution in [3.05, 3.63) is 47.0 Å². The average Bonchev–Trinajstić information content (AvgIpc) is 2.82. The van der Waals surface area contributed by atoms with Gasteiger partial charge in [0, 0.05) is 6.07 Å². The third kappa shape index (κ3) is 5.34. The molecule has 3 rings (SSSR count). The normalized spacial score (nSPS) is 24.5. The van der Waals surface area contributed by atoms with Crippen LogP contribution in [0, 0.1) is 0 Å². The third-order valence-corrected chi connectivity index (χ3v) is 5.62. The lowest BCUT2D eigenvalue weighted by Gasteiger charge is -2.39. The highest BCUT2D eigenvalue weighted by Gasteiger charge is 2.44. The van der Waals surface area contributed by atoms with E-state index in [1.54, 1.807) is 18.2 Å². The van der Waals surface area contributed by atoms with Crippen molar-refractivity contribution in [3.63, 3.8) is 0 Å². The molecule has 0 radical (unpaired) electrons. The quantitative estimate of drug-likeness (QED) is 0.286. The lowest BCUT2D eigenvalue weighted by molar-refractivity contribution is -0.277. The van der Waals surface area contributed by atoms with E-state index in [4.69, 9.17) is 18.9 Å². The highest BCUT2D eigenvalue weighted by molar-refractivity contribution is 5.93. The maximum absolute atomic E-state index is 11.8. The number of carbonyl (C=O) groups is 1. The molecule has 2 aromatic carbocycles. The molecule has 1 fully saturated rings. The molecule has 186 valence electrons. The van der Waals surface area contributed by atoms with Crippen LogP contribution < -0.4 is 14.2 Å². The lowest BCUT2D eigenvalue weighted by atomic mass is 9.98. The van der Waals surface area contributed by atoms with Gasteiger partial charge in [-0.2, -0.15) is 0 Å². The number of rotatable bonds is 9. The first-order chi connectivity index (χ1) is 16.2. The van der Waals surface area contributed by atoms with Gasteiger partial charge in [0.2, 0.25) is 6.29 Å². The summed E-state index contributed by atoms with van der Waals surface area (Å²) in [6.45, 7) is -0.634. The molecule has 0 saturated carbocycles. The molecular weight excluding hydrogens is 452 g/mol. The van der Waals surface area contributed by atoms with Gasteiger partial charge in [0.05, 0.1) is 20.8 Å². The number of benzene rings is 2. The van der Waals surface area contributed by atoms with Crippen molar-refractivity contribution in [2.75, 3.05) is 20.8 Å². The Morgan fingerprint density at radius 3 is 2.29 bits per heavy atom. The van der Waals surface area contributed by atoms with Gasteiger partial charge >= 0.3 is 5.97 Å². The molecule has 11 heteroatoms. The first-order valence-corrected chi connectivity index (χ1v) is 10.5. The molecule has 0 bridgehead atoms. The van der Waals surface area contributed by atoms with Crippen molar-refractivity contribution in [2.24, 2.45) is 0 Å². The zero-order valence-corrected chi connectivity index (χ0v) is 18.6. The molecule has 1 aliphatic rings. The second-order valence-corrected chi connectivity index (χ2v) is 7.79. The van der Waals surface area contributed by atoms with Crippen LogP contribution in [0.3, 0.4) is 0 Å². The van der Waals surface area contributed by atoms with Crippen LogP contribution in [0.1, 0.15) is 21.5 Å². The fourth-order valence-electron chi connectivity index (χ4n) is 3.78. The predicted octanol–water partition coefficient (Wildman–Crippen LogP) is 0.0715. The summed E-state index contributed by atoms with van der Waals surface area (Å²) in [5, 5.41) is 59.3. The Bertz CT molecular complexity index is 1010. The summed E-state index contributed by atoms with van der Waals surface area (Å²) >= 11 is 0. The molecule has 1 aliphatic heterocycles. The van der Waals surface area contributed by atoms with Crippen LogP contribution in [-0.4, -0.2) is 88.1 Å². The monoisotopic (exact) mass is 480 g/mol. The van der Waals surface area contributed by atoms with Crippen LogP contribution >= 0.6 is 0 Å². The summed E-state index contributed by atoms with van der Waals surface area (Å²) in [6, 6.07) is 7.71.